The van der Waals surface area contributed by atoms with E-state index in [9.17, 15) is 0 Å². The van der Waals surface area contributed by atoms with Crippen LogP contribution in [0.4, 0.5) is 0 Å². The number of hydrogen-bond acceptors (Lipinski definition) is 0. The quantitative estimate of drug-likeness (QED) is 0.611. The molecule has 0 spiro atoms. The van der Waals surface area contributed by atoms with Crippen LogP contribution in [0.2, 0.25) is 0 Å². The Morgan fingerprint density at radius 1 is 1.20 bits per heavy atom. The molecule has 2 aliphatic carbocycles. The van der Waals surface area contributed by atoms with E-state index in [1.807, 2.05) is 0 Å². The summed E-state index contributed by atoms with van der Waals surface area (Å²) in [6, 6.07) is 8.52. The van der Waals surface area contributed by atoms with Gasteiger partial charge in [0.2, 0.25) is 0 Å². The molecular weight excluding hydrogens is 319 g/mol. The number of allylic oxidation sites excluding steroid dienone is 4. The Kier molecular flexibility index (Phi) is 7.89. The summed E-state index contributed by atoms with van der Waals surface area (Å²) >= 11 is 0. The van der Waals surface area contributed by atoms with Crippen molar-refractivity contribution in [1.29, 1.82) is 0 Å². The summed E-state index contributed by atoms with van der Waals surface area (Å²) in [7, 11) is 0. The summed E-state index contributed by atoms with van der Waals surface area (Å²) in [5.41, 5.74) is 6.23. The molecule has 0 aromatic heterocycles. The van der Waals surface area contributed by atoms with Crippen molar-refractivity contribution in [3.8, 4) is 0 Å². The van der Waals surface area contributed by atoms with Gasteiger partial charge >= 0.3 is 26.2 Å². The minimum absolute atomic E-state index is 0. The van der Waals surface area contributed by atoms with Gasteiger partial charge in [-0.1, -0.05) is 58.8 Å². The van der Waals surface area contributed by atoms with Gasteiger partial charge < -0.3 is 0 Å². The van der Waals surface area contributed by atoms with Gasteiger partial charge in [0.25, 0.3) is 0 Å². The second-order valence-electron chi connectivity index (χ2n) is 5.75. The van der Waals surface area contributed by atoms with Crippen LogP contribution in [0.3, 0.4) is 0 Å². The summed E-state index contributed by atoms with van der Waals surface area (Å²) in [6.07, 6.45) is 11.4. The average Bonchev–Trinajstić information content (AvgIpc) is 3.01. The number of aryl methyl sites for hydroxylation is 1. The Labute approximate surface area is 143 Å². The van der Waals surface area contributed by atoms with Crippen LogP contribution in [0.5, 0.6) is 0 Å². The van der Waals surface area contributed by atoms with E-state index in [0.29, 0.717) is 5.92 Å². The molecule has 1 heteroatoms. The first-order valence-electron chi connectivity index (χ1n) is 7.75. The summed E-state index contributed by atoms with van der Waals surface area (Å²) in [6.45, 7) is 6.69. The fraction of sp³-hybridized carbons (Fsp3) is 0.526. The van der Waals surface area contributed by atoms with E-state index in [-0.39, 0.29) is 26.2 Å². The van der Waals surface area contributed by atoms with Gasteiger partial charge in [-0.3, -0.25) is 6.08 Å². The maximum absolute atomic E-state index is 3.50. The van der Waals surface area contributed by atoms with Gasteiger partial charge in [-0.05, 0) is 6.42 Å². The van der Waals surface area contributed by atoms with Crippen LogP contribution < -0.4 is 0 Å². The second kappa shape index (κ2) is 8.88. The zero-order valence-corrected chi connectivity index (χ0v) is 15.6. The standard InChI is InChI=1S/C11H15.C8H11.Zr/c1-8-7-9(2)11-6-4-3-5-10(8)11;1-2-5-8-6-3-4-7-8;/h8H,3-6H2,1-2H3;3-4,6-7H,2,5H2,1H3;/q2*-1;+4. The van der Waals surface area contributed by atoms with Crippen molar-refractivity contribution in [3.63, 3.8) is 0 Å². The van der Waals surface area contributed by atoms with E-state index in [0.717, 1.165) is 0 Å². The Bertz CT molecular complexity index is 448. The van der Waals surface area contributed by atoms with E-state index in [1.165, 1.54) is 49.7 Å². The van der Waals surface area contributed by atoms with Crippen molar-refractivity contribution in [3.05, 3.63) is 52.6 Å². The summed E-state index contributed by atoms with van der Waals surface area (Å²) < 4.78 is 0. The van der Waals surface area contributed by atoms with E-state index in [2.05, 4.69) is 51.1 Å². The number of hydrogen-bond donors (Lipinski definition) is 0. The van der Waals surface area contributed by atoms with Gasteiger partial charge in [0.1, 0.15) is 0 Å². The molecule has 1 aromatic carbocycles. The van der Waals surface area contributed by atoms with Crippen LogP contribution in [0, 0.1) is 12.0 Å². The van der Waals surface area contributed by atoms with E-state index in [4.69, 9.17) is 0 Å². The fourth-order valence-electron chi connectivity index (χ4n) is 3.20. The third-order valence-electron chi connectivity index (χ3n) is 4.19. The molecule has 0 nitrogen and oxygen atoms in total. The minimum atomic E-state index is 0. The van der Waals surface area contributed by atoms with E-state index < -0.39 is 0 Å². The SMILES string of the molecule is CC1=[C-]C(C)C2=C1CCCC2.CCC[c-]1cccc1.[Zr+4]. The third-order valence-corrected chi connectivity index (χ3v) is 4.19. The molecule has 0 bridgehead atoms. The van der Waals surface area contributed by atoms with Gasteiger partial charge in [0, 0.05) is 0 Å². The molecule has 0 fully saturated rings. The zero-order chi connectivity index (χ0) is 13.7. The van der Waals surface area contributed by atoms with Gasteiger partial charge in [-0.2, -0.15) is 28.8 Å². The van der Waals surface area contributed by atoms with Crippen molar-refractivity contribution in [2.75, 3.05) is 0 Å². The van der Waals surface area contributed by atoms with Crippen molar-refractivity contribution < 1.29 is 26.2 Å². The van der Waals surface area contributed by atoms with Gasteiger partial charge in [-0.15, -0.1) is 0 Å². The average molecular weight is 346 g/mol. The maximum Gasteiger partial charge on any atom is 4.00 e. The molecule has 1 aromatic rings. The largest absolute Gasteiger partial charge is 4.00 e. The molecule has 3 rings (SSSR count). The molecule has 104 valence electrons. The maximum atomic E-state index is 3.50. The number of rotatable bonds is 2. The molecule has 0 N–H and O–H groups in total. The first-order valence-corrected chi connectivity index (χ1v) is 7.75. The summed E-state index contributed by atoms with van der Waals surface area (Å²) in [4.78, 5) is 0. The first kappa shape index (κ1) is 17.8. The predicted octanol–water partition coefficient (Wildman–Crippen LogP) is 5.61. The summed E-state index contributed by atoms with van der Waals surface area (Å²) in [5, 5.41) is 0. The predicted molar refractivity (Wildman–Crippen MR) is 83.1 cm³/mol. The van der Waals surface area contributed by atoms with E-state index >= 15 is 0 Å². The van der Waals surface area contributed by atoms with Gasteiger partial charge in [-0.25, -0.2) is 17.7 Å². The van der Waals surface area contributed by atoms with Crippen LogP contribution >= 0.6 is 0 Å². The van der Waals surface area contributed by atoms with Crippen molar-refractivity contribution in [1.82, 2.24) is 0 Å². The summed E-state index contributed by atoms with van der Waals surface area (Å²) in [5.74, 6) is 0.630. The Balaban J connectivity index is 0.000000200. The van der Waals surface area contributed by atoms with Crippen molar-refractivity contribution in [2.24, 2.45) is 5.92 Å². The molecule has 2 aliphatic rings. The third kappa shape index (κ3) is 4.62. The Morgan fingerprint density at radius 2 is 1.85 bits per heavy atom. The monoisotopic (exact) mass is 344 g/mol. The Hall–Kier alpha value is -0.287. The fourth-order valence-corrected chi connectivity index (χ4v) is 3.20. The molecule has 0 radical (unpaired) electrons. The van der Waals surface area contributed by atoms with Crippen LogP contribution in [-0.4, -0.2) is 0 Å². The van der Waals surface area contributed by atoms with Crippen molar-refractivity contribution >= 4 is 0 Å². The molecule has 20 heavy (non-hydrogen) atoms. The van der Waals surface area contributed by atoms with Crippen LogP contribution in [-0.2, 0) is 32.6 Å². The molecule has 1 unspecified atom stereocenters. The first-order chi connectivity index (χ1) is 9.22. The molecule has 0 heterocycles. The zero-order valence-electron chi connectivity index (χ0n) is 13.1. The molecule has 0 saturated heterocycles. The van der Waals surface area contributed by atoms with Crippen LogP contribution in [0.25, 0.3) is 0 Å². The normalized spacial score (nSPS) is 20.6. The smallest absolute Gasteiger partial charge is 0.266 e. The van der Waals surface area contributed by atoms with Crippen LogP contribution in [0.15, 0.2) is 41.0 Å². The molecular formula is C19H26Zr+2. The molecule has 0 amide bonds. The van der Waals surface area contributed by atoms with Gasteiger partial charge in [0.15, 0.2) is 0 Å². The second-order valence-corrected chi connectivity index (χ2v) is 5.75. The van der Waals surface area contributed by atoms with Crippen molar-refractivity contribution in [2.45, 2.75) is 59.3 Å². The molecule has 0 aliphatic heterocycles. The van der Waals surface area contributed by atoms with Gasteiger partial charge in [0.05, 0.1) is 0 Å². The topological polar surface area (TPSA) is 0 Å². The van der Waals surface area contributed by atoms with Crippen LogP contribution in [0.1, 0.15) is 58.4 Å². The molecule has 1 atom stereocenters. The Morgan fingerprint density at radius 3 is 2.45 bits per heavy atom. The van der Waals surface area contributed by atoms with E-state index in [1.54, 1.807) is 11.1 Å². The minimum Gasteiger partial charge on any atom is -0.266 e. The molecule has 0 saturated carbocycles.